The topological polar surface area (TPSA) is 12.5 Å². The lowest BCUT2D eigenvalue weighted by Crippen LogP contribution is -2.40. The number of nitrogens with zero attached hydrogens (tertiary/aromatic N) is 1. The van der Waals surface area contributed by atoms with Crippen LogP contribution < -0.4 is 4.74 Å². The third kappa shape index (κ3) is 3.34. The van der Waals surface area contributed by atoms with Gasteiger partial charge in [0.15, 0.2) is 0 Å². The van der Waals surface area contributed by atoms with Gasteiger partial charge in [-0.25, -0.2) is 0 Å². The molecule has 0 spiro atoms. The molecule has 128 valence electrons. The zero-order valence-electron chi connectivity index (χ0n) is 15.5. The fourth-order valence-electron chi connectivity index (χ4n) is 3.72. The van der Waals surface area contributed by atoms with Crippen LogP contribution in [0.5, 0.6) is 5.75 Å². The molecule has 1 aliphatic heterocycles. The molecule has 2 heteroatoms. The van der Waals surface area contributed by atoms with Gasteiger partial charge < -0.3 is 4.74 Å². The van der Waals surface area contributed by atoms with E-state index >= 15 is 0 Å². The summed E-state index contributed by atoms with van der Waals surface area (Å²) < 4.78 is 6.20. The average Bonchev–Trinajstić information content (AvgIpc) is 2.55. The highest BCUT2D eigenvalue weighted by Crippen LogP contribution is 2.41. The molecule has 2 unspecified atom stereocenters. The van der Waals surface area contributed by atoms with Crippen LogP contribution in [0.25, 0.3) is 0 Å². The molecule has 0 aromatic heterocycles. The second-order valence-corrected chi connectivity index (χ2v) is 7.37. The predicted molar refractivity (Wildman–Crippen MR) is 101 cm³/mol. The normalized spacial score (nSPS) is 20.9. The Morgan fingerprint density at radius 3 is 2.46 bits per heavy atom. The zero-order chi connectivity index (χ0) is 17.3. The third-order valence-electron chi connectivity index (χ3n) is 5.19. The van der Waals surface area contributed by atoms with Crippen molar-refractivity contribution in [2.75, 3.05) is 0 Å². The van der Waals surface area contributed by atoms with Crippen LogP contribution in [0, 0.1) is 6.92 Å². The van der Waals surface area contributed by atoms with Gasteiger partial charge in [0.05, 0.1) is 6.10 Å². The van der Waals surface area contributed by atoms with Crippen molar-refractivity contribution >= 4 is 0 Å². The van der Waals surface area contributed by atoms with Gasteiger partial charge >= 0.3 is 0 Å². The number of aryl methyl sites for hydroxylation is 1. The van der Waals surface area contributed by atoms with Crippen LogP contribution in [-0.4, -0.2) is 17.0 Å². The lowest BCUT2D eigenvalue weighted by molar-refractivity contribution is 0.148. The molecule has 3 rings (SSSR count). The van der Waals surface area contributed by atoms with E-state index in [0.717, 1.165) is 18.8 Å². The molecule has 0 amide bonds. The Hall–Kier alpha value is -1.80. The summed E-state index contributed by atoms with van der Waals surface area (Å²) in [5.41, 5.74) is 5.46. The number of ether oxygens (including phenoxy) is 1. The smallest absolute Gasteiger partial charge is 0.126 e. The second kappa shape index (κ2) is 6.98. The van der Waals surface area contributed by atoms with Crippen LogP contribution in [0.15, 0.2) is 42.5 Å². The summed E-state index contributed by atoms with van der Waals surface area (Å²) in [6.45, 7) is 13.1. The SMILES string of the molecule is Cc1ccc2c(c1OC(C)C)C(C)C(C)N(Cc1ccccc1)C2. The summed E-state index contributed by atoms with van der Waals surface area (Å²) in [5, 5.41) is 0. The summed E-state index contributed by atoms with van der Waals surface area (Å²) in [7, 11) is 0. The monoisotopic (exact) mass is 323 g/mol. The predicted octanol–water partition coefficient (Wildman–Crippen LogP) is 5.29. The number of hydrogen-bond acceptors (Lipinski definition) is 2. The van der Waals surface area contributed by atoms with E-state index in [0.29, 0.717) is 12.0 Å². The molecule has 24 heavy (non-hydrogen) atoms. The van der Waals surface area contributed by atoms with Crippen molar-refractivity contribution in [3.05, 3.63) is 64.7 Å². The lowest BCUT2D eigenvalue weighted by Gasteiger charge is -2.40. The Kier molecular flexibility index (Phi) is 4.96. The highest BCUT2D eigenvalue weighted by molar-refractivity contribution is 5.49. The maximum atomic E-state index is 6.20. The van der Waals surface area contributed by atoms with Crippen molar-refractivity contribution in [2.45, 2.75) is 65.8 Å². The van der Waals surface area contributed by atoms with E-state index in [2.05, 4.69) is 82.0 Å². The molecule has 1 heterocycles. The Bertz CT molecular complexity index is 693. The van der Waals surface area contributed by atoms with Gasteiger partial charge in [-0.3, -0.25) is 4.90 Å². The van der Waals surface area contributed by atoms with Crippen LogP contribution in [0.1, 0.15) is 55.9 Å². The van der Waals surface area contributed by atoms with Crippen molar-refractivity contribution in [3.63, 3.8) is 0 Å². The maximum Gasteiger partial charge on any atom is 0.126 e. The number of rotatable bonds is 4. The maximum absolute atomic E-state index is 6.20. The van der Waals surface area contributed by atoms with Gasteiger partial charge in [-0.05, 0) is 44.4 Å². The van der Waals surface area contributed by atoms with Gasteiger partial charge in [0.2, 0.25) is 0 Å². The van der Waals surface area contributed by atoms with Crippen LogP contribution in [0.2, 0.25) is 0 Å². The molecule has 2 nitrogen and oxygen atoms in total. The number of benzene rings is 2. The Morgan fingerprint density at radius 2 is 1.79 bits per heavy atom. The quantitative estimate of drug-likeness (QED) is 0.758. The van der Waals surface area contributed by atoms with Crippen molar-refractivity contribution in [3.8, 4) is 5.75 Å². The van der Waals surface area contributed by atoms with E-state index in [9.17, 15) is 0 Å². The first kappa shape index (κ1) is 17.0. The Labute approximate surface area is 146 Å². The first-order valence-electron chi connectivity index (χ1n) is 9.04. The Morgan fingerprint density at radius 1 is 1.08 bits per heavy atom. The molecule has 1 aliphatic rings. The van der Waals surface area contributed by atoms with Crippen molar-refractivity contribution < 1.29 is 4.74 Å². The number of fused-ring (bicyclic) bond motifs is 1. The second-order valence-electron chi connectivity index (χ2n) is 7.37. The van der Waals surface area contributed by atoms with Gasteiger partial charge in [0.25, 0.3) is 0 Å². The molecular formula is C22H29NO. The van der Waals surface area contributed by atoms with Crippen molar-refractivity contribution in [2.24, 2.45) is 0 Å². The molecule has 0 radical (unpaired) electrons. The molecule has 0 N–H and O–H groups in total. The van der Waals surface area contributed by atoms with Gasteiger partial charge in [-0.15, -0.1) is 0 Å². The van der Waals surface area contributed by atoms with E-state index in [1.165, 1.54) is 22.3 Å². The fraction of sp³-hybridized carbons (Fsp3) is 0.455. The summed E-state index contributed by atoms with van der Waals surface area (Å²) in [4.78, 5) is 2.58. The molecule has 0 saturated carbocycles. The molecule has 2 aromatic carbocycles. The third-order valence-corrected chi connectivity index (χ3v) is 5.19. The van der Waals surface area contributed by atoms with Crippen LogP contribution in [0.3, 0.4) is 0 Å². The van der Waals surface area contributed by atoms with Crippen LogP contribution in [0.4, 0.5) is 0 Å². The molecule has 0 aliphatic carbocycles. The molecule has 0 saturated heterocycles. The Balaban J connectivity index is 1.93. The van der Waals surface area contributed by atoms with Gasteiger partial charge in [0.1, 0.15) is 5.75 Å². The van der Waals surface area contributed by atoms with Crippen molar-refractivity contribution in [1.82, 2.24) is 4.90 Å². The van der Waals surface area contributed by atoms with E-state index < -0.39 is 0 Å². The molecule has 2 aromatic rings. The largest absolute Gasteiger partial charge is 0.490 e. The summed E-state index contributed by atoms with van der Waals surface area (Å²) >= 11 is 0. The minimum absolute atomic E-state index is 0.208. The fourth-order valence-corrected chi connectivity index (χ4v) is 3.72. The summed E-state index contributed by atoms with van der Waals surface area (Å²) in [6.07, 6.45) is 0.208. The highest BCUT2D eigenvalue weighted by atomic mass is 16.5. The number of hydrogen-bond donors (Lipinski definition) is 0. The summed E-state index contributed by atoms with van der Waals surface area (Å²) in [6, 6.07) is 15.8. The molecule has 0 bridgehead atoms. The summed E-state index contributed by atoms with van der Waals surface area (Å²) in [5.74, 6) is 1.58. The van der Waals surface area contributed by atoms with Gasteiger partial charge in [-0.1, -0.05) is 49.4 Å². The zero-order valence-corrected chi connectivity index (χ0v) is 15.5. The lowest BCUT2D eigenvalue weighted by atomic mass is 9.83. The molecule has 0 fully saturated rings. The van der Waals surface area contributed by atoms with E-state index in [-0.39, 0.29) is 6.10 Å². The van der Waals surface area contributed by atoms with Gasteiger partial charge in [0, 0.05) is 30.6 Å². The highest BCUT2D eigenvalue weighted by Gasteiger charge is 2.32. The first-order valence-corrected chi connectivity index (χ1v) is 9.04. The van der Waals surface area contributed by atoms with Crippen molar-refractivity contribution in [1.29, 1.82) is 0 Å². The molecular weight excluding hydrogens is 294 g/mol. The van der Waals surface area contributed by atoms with E-state index in [1.807, 2.05) is 0 Å². The first-order chi connectivity index (χ1) is 11.5. The standard InChI is InChI=1S/C22H29NO/c1-15(2)24-22-16(3)11-12-20-14-23(18(5)17(4)21(20)22)13-19-9-7-6-8-10-19/h6-12,15,17-18H,13-14H2,1-5H3. The minimum atomic E-state index is 0.208. The van der Waals surface area contributed by atoms with Crippen LogP contribution >= 0.6 is 0 Å². The van der Waals surface area contributed by atoms with E-state index in [4.69, 9.17) is 4.74 Å². The minimum Gasteiger partial charge on any atom is -0.490 e. The molecule has 2 atom stereocenters. The van der Waals surface area contributed by atoms with Gasteiger partial charge in [-0.2, -0.15) is 0 Å². The van der Waals surface area contributed by atoms with Crippen LogP contribution in [-0.2, 0) is 13.1 Å². The van der Waals surface area contributed by atoms with E-state index in [1.54, 1.807) is 0 Å². The average molecular weight is 323 g/mol.